The third-order valence-corrected chi connectivity index (χ3v) is 4.39. The van der Waals surface area contributed by atoms with Crippen LogP contribution >= 0.6 is 11.6 Å². The normalized spacial score (nSPS) is 11.4. The second-order valence-electron chi connectivity index (χ2n) is 6.26. The van der Waals surface area contributed by atoms with Crippen LogP contribution < -0.4 is 16.0 Å². The number of hydrogen-bond donors (Lipinski definition) is 0. The maximum atomic E-state index is 13.5. The predicted octanol–water partition coefficient (Wildman–Crippen LogP) is 2.66. The molecule has 0 spiro atoms. The average molecular weight is 440 g/mol. The summed E-state index contributed by atoms with van der Waals surface area (Å²) >= 11 is 5.86. The van der Waals surface area contributed by atoms with Gasteiger partial charge in [-0.1, -0.05) is 11.6 Å². The molecule has 0 radical (unpaired) electrons. The largest absolute Gasteiger partial charge is 0.451 e. The minimum atomic E-state index is -4.87. The Kier molecular flexibility index (Phi) is 5.45. The van der Waals surface area contributed by atoms with Gasteiger partial charge in [0.15, 0.2) is 5.82 Å². The molecule has 0 fully saturated rings. The lowest BCUT2D eigenvalue weighted by Gasteiger charge is -2.15. The van der Waals surface area contributed by atoms with Crippen LogP contribution in [0.15, 0.2) is 40.1 Å². The van der Waals surface area contributed by atoms with Crippen molar-refractivity contribution in [1.29, 1.82) is 5.26 Å². The third-order valence-electron chi connectivity index (χ3n) is 4.17. The third kappa shape index (κ3) is 4.08. The molecule has 8 nitrogen and oxygen atoms in total. The highest BCUT2D eigenvalue weighted by Crippen LogP contribution is 2.36. The van der Waals surface area contributed by atoms with Crippen LogP contribution in [0.1, 0.15) is 17.0 Å². The summed E-state index contributed by atoms with van der Waals surface area (Å²) in [5, 5.41) is 13.0. The number of aryl methyl sites for hydroxylation is 1. The van der Waals surface area contributed by atoms with Gasteiger partial charge in [-0.25, -0.2) is 9.48 Å². The van der Waals surface area contributed by atoms with Gasteiger partial charge in [0.25, 0.3) is 5.56 Å². The van der Waals surface area contributed by atoms with Crippen molar-refractivity contribution < 1.29 is 17.9 Å². The lowest BCUT2D eigenvalue weighted by molar-refractivity contribution is -0.138. The van der Waals surface area contributed by atoms with Gasteiger partial charge in [0.2, 0.25) is 5.75 Å². The summed E-state index contributed by atoms with van der Waals surface area (Å²) in [5.41, 5.74) is -2.80. The Hall–Kier alpha value is -3.52. The van der Waals surface area contributed by atoms with Crippen molar-refractivity contribution in [2.45, 2.75) is 12.7 Å². The molecule has 0 amide bonds. The van der Waals surface area contributed by atoms with Gasteiger partial charge in [-0.05, 0) is 24.3 Å². The number of nitriles is 1. The molecule has 12 heteroatoms. The highest BCUT2D eigenvalue weighted by atomic mass is 35.5. The zero-order valence-corrected chi connectivity index (χ0v) is 16.3. The monoisotopic (exact) mass is 439 g/mol. The van der Waals surface area contributed by atoms with Crippen molar-refractivity contribution in [3.8, 4) is 17.6 Å². The quantitative estimate of drug-likeness (QED) is 0.623. The summed E-state index contributed by atoms with van der Waals surface area (Å²) in [7, 11) is 2.83. The minimum absolute atomic E-state index is 0.0470. The topological polar surface area (TPSA) is 94.8 Å². The van der Waals surface area contributed by atoms with Crippen LogP contribution in [0.2, 0.25) is 5.02 Å². The molecule has 0 N–H and O–H groups in total. The number of aromatic nitrogens is 4. The van der Waals surface area contributed by atoms with E-state index in [0.717, 1.165) is 21.5 Å². The number of hydrogen-bond acceptors (Lipinski definition) is 5. The lowest BCUT2D eigenvalue weighted by Crippen LogP contribution is -2.26. The zero-order valence-electron chi connectivity index (χ0n) is 15.6. The smallest absolute Gasteiger partial charge is 0.420 e. The van der Waals surface area contributed by atoms with E-state index in [-0.39, 0.29) is 28.7 Å². The van der Waals surface area contributed by atoms with Gasteiger partial charge in [-0.2, -0.15) is 23.5 Å². The number of rotatable bonds is 4. The summed E-state index contributed by atoms with van der Waals surface area (Å²) in [6.45, 7) is -0.265. The molecule has 2 heterocycles. The highest BCUT2D eigenvalue weighted by molar-refractivity contribution is 6.30. The molecule has 3 rings (SSSR count). The summed E-state index contributed by atoms with van der Waals surface area (Å²) in [6, 6.07) is 6.12. The standard InChI is InChI=1S/C18H13ClF3N5O3/c1-25-14(24-26(2)17(25)29)9-27-4-3-13(18(20,21)22)15(16(27)28)30-12-6-10(8-23)5-11(19)7-12/h3-7H,9H2,1-2H3. The van der Waals surface area contributed by atoms with Crippen molar-refractivity contribution in [2.75, 3.05) is 0 Å². The van der Waals surface area contributed by atoms with E-state index < -0.39 is 28.7 Å². The number of halogens is 4. The van der Waals surface area contributed by atoms with Gasteiger partial charge in [0.05, 0.1) is 18.2 Å². The Bertz CT molecular complexity index is 1280. The molecule has 30 heavy (non-hydrogen) atoms. The molecule has 0 unspecified atom stereocenters. The number of pyridine rings is 1. The van der Waals surface area contributed by atoms with Gasteiger partial charge in [-0.15, -0.1) is 0 Å². The average Bonchev–Trinajstić information content (AvgIpc) is 2.90. The van der Waals surface area contributed by atoms with Crippen LogP contribution in [-0.2, 0) is 26.8 Å². The molecule has 0 saturated heterocycles. The van der Waals surface area contributed by atoms with Crippen LogP contribution in [0.5, 0.6) is 11.5 Å². The van der Waals surface area contributed by atoms with Gasteiger partial charge >= 0.3 is 11.9 Å². The predicted molar refractivity (Wildman–Crippen MR) is 99.5 cm³/mol. The summed E-state index contributed by atoms with van der Waals surface area (Å²) in [5.74, 6) is -1.04. The van der Waals surface area contributed by atoms with E-state index in [1.54, 1.807) is 6.07 Å². The second-order valence-corrected chi connectivity index (χ2v) is 6.70. The molecule has 0 saturated carbocycles. The van der Waals surface area contributed by atoms with E-state index in [9.17, 15) is 22.8 Å². The van der Waals surface area contributed by atoms with E-state index in [4.69, 9.17) is 21.6 Å². The van der Waals surface area contributed by atoms with Gasteiger partial charge < -0.3 is 9.30 Å². The highest BCUT2D eigenvalue weighted by Gasteiger charge is 2.36. The van der Waals surface area contributed by atoms with Crippen molar-refractivity contribution in [1.82, 2.24) is 18.9 Å². The number of benzene rings is 1. The fourth-order valence-electron chi connectivity index (χ4n) is 2.70. The van der Waals surface area contributed by atoms with Crippen molar-refractivity contribution in [3.63, 3.8) is 0 Å². The Balaban J connectivity index is 2.12. The fourth-order valence-corrected chi connectivity index (χ4v) is 2.93. The SMILES string of the molecule is Cn1nc(Cn2ccc(C(F)(F)F)c(Oc3cc(Cl)cc(C#N)c3)c2=O)n(C)c1=O. The molecular formula is C18H13ClF3N5O3. The maximum absolute atomic E-state index is 13.5. The number of alkyl halides is 3. The Labute approximate surface area is 171 Å². The molecular weight excluding hydrogens is 427 g/mol. The second kappa shape index (κ2) is 7.72. The first-order valence-corrected chi connectivity index (χ1v) is 8.67. The fraction of sp³-hybridized carbons (Fsp3) is 0.222. The molecule has 0 aliphatic heterocycles. The molecule has 0 aliphatic carbocycles. The molecule has 0 aliphatic rings. The molecule has 156 valence electrons. The van der Waals surface area contributed by atoms with Crippen molar-refractivity contribution >= 4 is 11.6 Å². The zero-order chi connectivity index (χ0) is 22.2. The summed E-state index contributed by atoms with van der Waals surface area (Å²) in [6.07, 6.45) is -3.93. The summed E-state index contributed by atoms with van der Waals surface area (Å²) < 4.78 is 48.8. The van der Waals surface area contributed by atoms with Crippen LogP contribution in [-0.4, -0.2) is 18.9 Å². The molecule has 1 aromatic carbocycles. The lowest BCUT2D eigenvalue weighted by atomic mass is 10.2. The molecule has 0 bridgehead atoms. The molecule has 3 aromatic rings. The number of nitrogens with zero attached hydrogens (tertiary/aromatic N) is 5. The van der Waals surface area contributed by atoms with E-state index in [1.165, 1.54) is 30.8 Å². The van der Waals surface area contributed by atoms with Crippen LogP contribution in [0.25, 0.3) is 0 Å². The first-order valence-electron chi connectivity index (χ1n) is 8.29. The van der Waals surface area contributed by atoms with Crippen LogP contribution in [0.3, 0.4) is 0 Å². The number of ether oxygens (including phenoxy) is 1. The first-order chi connectivity index (χ1) is 14.0. The molecule has 0 atom stereocenters. The van der Waals surface area contributed by atoms with Gasteiger partial charge in [0, 0.05) is 25.3 Å². The Morgan fingerprint density at radius 1 is 1.23 bits per heavy atom. The minimum Gasteiger partial charge on any atom is -0.451 e. The van der Waals surface area contributed by atoms with Crippen molar-refractivity contribution in [2.24, 2.45) is 14.1 Å². The van der Waals surface area contributed by atoms with Gasteiger partial charge in [-0.3, -0.25) is 9.36 Å². The van der Waals surface area contributed by atoms with E-state index in [2.05, 4.69) is 5.10 Å². The Morgan fingerprint density at radius 3 is 2.50 bits per heavy atom. The first kappa shape index (κ1) is 21.2. The van der Waals surface area contributed by atoms with E-state index in [0.29, 0.717) is 6.07 Å². The summed E-state index contributed by atoms with van der Waals surface area (Å²) in [4.78, 5) is 24.6. The maximum Gasteiger partial charge on any atom is 0.420 e. The van der Waals surface area contributed by atoms with Gasteiger partial charge in [0.1, 0.15) is 11.3 Å². The Morgan fingerprint density at radius 2 is 1.93 bits per heavy atom. The molecule has 2 aromatic heterocycles. The van der Waals surface area contributed by atoms with E-state index in [1.807, 2.05) is 0 Å². The van der Waals surface area contributed by atoms with Crippen LogP contribution in [0, 0.1) is 11.3 Å². The van der Waals surface area contributed by atoms with E-state index >= 15 is 0 Å². The van der Waals surface area contributed by atoms with Crippen LogP contribution in [0.4, 0.5) is 13.2 Å². The van der Waals surface area contributed by atoms with Crippen molar-refractivity contribution in [3.05, 3.63) is 73.3 Å².